The molecule has 0 radical (unpaired) electrons. The lowest BCUT2D eigenvalue weighted by Gasteiger charge is -2.26. The van der Waals surface area contributed by atoms with Crippen molar-refractivity contribution in [3.05, 3.63) is 29.3 Å². The molecule has 1 aliphatic heterocycles. The predicted molar refractivity (Wildman–Crippen MR) is 83.7 cm³/mol. The zero-order valence-electron chi connectivity index (χ0n) is 13.2. The van der Waals surface area contributed by atoms with E-state index in [9.17, 15) is 19.8 Å². The van der Waals surface area contributed by atoms with Crippen LogP contribution in [0.5, 0.6) is 5.75 Å². The van der Waals surface area contributed by atoms with Crippen LogP contribution in [0.25, 0.3) is 0 Å². The number of nitrogens with zero attached hydrogens (tertiary/aromatic N) is 1. The standard InChI is InChI=1S/C17H22N2O4/c1-10(20)15-3-2-8-19(15)17(23)16(22)18-14-7-5-11-4-6-12(21)9-13(11)14/h4,6,9-10,14-15,20-21H,2-3,5,7-8H2,1H3,(H,18,22)/t10?,14?,15-/m0/s1. The number of carbonyl (C=O) groups is 2. The second kappa shape index (κ2) is 6.20. The summed E-state index contributed by atoms with van der Waals surface area (Å²) < 4.78 is 0. The van der Waals surface area contributed by atoms with Crippen molar-refractivity contribution in [1.82, 2.24) is 10.2 Å². The Labute approximate surface area is 135 Å². The van der Waals surface area contributed by atoms with Crippen molar-refractivity contribution in [3.63, 3.8) is 0 Å². The summed E-state index contributed by atoms with van der Waals surface area (Å²) in [6, 6.07) is 4.59. The summed E-state index contributed by atoms with van der Waals surface area (Å²) in [6.07, 6.45) is 2.41. The molecule has 3 rings (SSSR count). The van der Waals surface area contributed by atoms with E-state index < -0.39 is 17.9 Å². The first-order valence-electron chi connectivity index (χ1n) is 8.08. The first-order valence-corrected chi connectivity index (χ1v) is 8.08. The third-order valence-electron chi connectivity index (χ3n) is 4.82. The van der Waals surface area contributed by atoms with Gasteiger partial charge in [0.25, 0.3) is 0 Å². The van der Waals surface area contributed by atoms with Crippen LogP contribution in [0.15, 0.2) is 18.2 Å². The summed E-state index contributed by atoms with van der Waals surface area (Å²) in [4.78, 5) is 26.2. The van der Waals surface area contributed by atoms with Crippen molar-refractivity contribution in [2.45, 2.75) is 50.8 Å². The van der Waals surface area contributed by atoms with Gasteiger partial charge in [-0.1, -0.05) is 6.07 Å². The lowest BCUT2D eigenvalue weighted by atomic mass is 10.1. The highest BCUT2D eigenvalue weighted by atomic mass is 16.3. The molecule has 1 heterocycles. The number of aromatic hydroxyl groups is 1. The number of likely N-dealkylation sites (tertiary alicyclic amines) is 1. The Bertz CT molecular complexity index is 629. The summed E-state index contributed by atoms with van der Waals surface area (Å²) in [7, 11) is 0. The number of amides is 2. The fourth-order valence-electron chi connectivity index (χ4n) is 3.64. The molecular weight excluding hydrogens is 296 g/mol. The maximum absolute atomic E-state index is 12.4. The fourth-order valence-corrected chi connectivity index (χ4v) is 3.64. The Morgan fingerprint density at radius 3 is 2.87 bits per heavy atom. The number of carbonyl (C=O) groups excluding carboxylic acids is 2. The molecule has 6 nitrogen and oxygen atoms in total. The van der Waals surface area contributed by atoms with E-state index in [-0.39, 0.29) is 17.8 Å². The van der Waals surface area contributed by atoms with Crippen LogP contribution in [0.1, 0.15) is 43.4 Å². The van der Waals surface area contributed by atoms with Crippen LogP contribution in [-0.4, -0.2) is 45.6 Å². The van der Waals surface area contributed by atoms with Crippen LogP contribution in [0.4, 0.5) is 0 Å². The third kappa shape index (κ3) is 3.03. The van der Waals surface area contributed by atoms with Gasteiger partial charge in [0.2, 0.25) is 0 Å². The van der Waals surface area contributed by atoms with Gasteiger partial charge in [0.1, 0.15) is 5.75 Å². The summed E-state index contributed by atoms with van der Waals surface area (Å²) in [6.45, 7) is 2.15. The minimum absolute atomic E-state index is 0.157. The van der Waals surface area contributed by atoms with Crippen LogP contribution >= 0.6 is 0 Å². The number of phenols is 1. The van der Waals surface area contributed by atoms with Crippen molar-refractivity contribution in [2.24, 2.45) is 0 Å². The van der Waals surface area contributed by atoms with Gasteiger partial charge in [-0.25, -0.2) is 0 Å². The quantitative estimate of drug-likeness (QED) is 0.706. The Kier molecular flexibility index (Phi) is 4.26. The molecule has 0 spiro atoms. The molecule has 6 heteroatoms. The number of rotatable bonds is 2. The van der Waals surface area contributed by atoms with Crippen LogP contribution in [0.3, 0.4) is 0 Å². The highest BCUT2D eigenvalue weighted by Gasteiger charge is 2.36. The van der Waals surface area contributed by atoms with E-state index in [1.54, 1.807) is 19.1 Å². The molecule has 3 atom stereocenters. The number of aliphatic hydroxyl groups excluding tert-OH is 1. The zero-order chi connectivity index (χ0) is 16.6. The molecule has 2 unspecified atom stereocenters. The Hall–Kier alpha value is -2.08. The number of nitrogens with one attached hydrogen (secondary N) is 1. The lowest BCUT2D eigenvalue weighted by Crippen LogP contribution is -2.48. The molecule has 2 amide bonds. The third-order valence-corrected chi connectivity index (χ3v) is 4.82. The Balaban J connectivity index is 1.69. The van der Waals surface area contributed by atoms with Crippen LogP contribution in [0.2, 0.25) is 0 Å². The van der Waals surface area contributed by atoms with Crippen LogP contribution in [0, 0.1) is 0 Å². The number of aryl methyl sites for hydroxylation is 1. The molecular formula is C17H22N2O4. The van der Waals surface area contributed by atoms with Gasteiger partial charge in [-0.15, -0.1) is 0 Å². The molecule has 1 fully saturated rings. The smallest absolute Gasteiger partial charge is 0.312 e. The van der Waals surface area contributed by atoms with E-state index in [0.717, 1.165) is 36.8 Å². The molecule has 2 aliphatic rings. The Morgan fingerprint density at radius 2 is 2.13 bits per heavy atom. The number of phenolic OH excluding ortho intramolecular Hbond substituents is 1. The highest BCUT2D eigenvalue weighted by Crippen LogP contribution is 2.33. The molecule has 1 aromatic rings. The van der Waals surface area contributed by atoms with E-state index in [2.05, 4.69) is 5.32 Å². The number of hydrogen-bond acceptors (Lipinski definition) is 4. The van der Waals surface area contributed by atoms with Crippen molar-refractivity contribution < 1.29 is 19.8 Å². The first-order chi connectivity index (χ1) is 11.0. The van der Waals surface area contributed by atoms with Gasteiger partial charge < -0.3 is 20.4 Å². The SMILES string of the molecule is CC(O)[C@@H]1CCCN1C(=O)C(=O)NC1CCc2ccc(O)cc21. The molecule has 124 valence electrons. The first kappa shape index (κ1) is 15.8. The Morgan fingerprint density at radius 1 is 1.35 bits per heavy atom. The number of fused-ring (bicyclic) bond motifs is 1. The van der Waals surface area contributed by atoms with Crippen LogP contribution < -0.4 is 5.32 Å². The highest BCUT2D eigenvalue weighted by molar-refractivity contribution is 6.35. The largest absolute Gasteiger partial charge is 0.508 e. The van der Waals surface area contributed by atoms with E-state index >= 15 is 0 Å². The molecule has 23 heavy (non-hydrogen) atoms. The lowest BCUT2D eigenvalue weighted by molar-refractivity contribution is -0.148. The fraction of sp³-hybridized carbons (Fsp3) is 0.529. The minimum atomic E-state index is -0.640. The zero-order valence-corrected chi connectivity index (χ0v) is 13.2. The summed E-state index contributed by atoms with van der Waals surface area (Å²) in [5, 5.41) is 22.1. The maximum Gasteiger partial charge on any atom is 0.312 e. The van der Waals surface area contributed by atoms with E-state index in [1.165, 1.54) is 4.90 Å². The van der Waals surface area contributed by atoms with Crippen molar-refractivity contribution in [1.29, 1.82) is 0 Å². The molecule has 3 N–H and O–H groups in total. The normalized spacial score (nSPS) is 24.3. The molecule has 0 saturated carbocycles. The maximum atomic E-state index is 12.4. The molecule has 1 aromatic carbocycles. The van der Waals surface area contributed by atoms with Gasteiger partial charge in [-0.05, 0) is 55.9 Å². The van der Waals surface area contributed by atoms with Crippen molar-refractivity contribution in [2.75, 3.05) is 6.54 Å². The number of aliphatic hydroxyl groups is 1. The topological polar surface area (TPSA) is 89.9 Å². The van der Waals surface area contributed by atoms with Gasteiger partial charge in [-0.3, -0.25) is 9.59 Å². The molecule has 0 bridgehead atoms. The van der Waals surface area contributed by atoms with Crippen LogP contribution in [-0.2, 0) is 16.0 Å². The second-order valence-corrected chi connectivity index (χ2v) is 6.40. The summed E-state index contributed by atoms with van der Waals surface area (Å²) in [5.41, 5.74) is 1.96. The van der Waals surface area contributed by atoms with Gasteiger partial charge >= 0.3 is 11.8 Å². The number of benzene rings is 1. The van der Waals surface area contributed by atoms with E-state index in [1.807, 2.05) is 6.07 Å². The predicted octanol–water partition coefficient (Wildman–Crippen LogP) is 0.867. The average Bonchev–Trinajstić information content (AvgIpc) is 3.14. The minimum Gasteiger partial charge on any atom is -0.508 e. The van der Waals surface area contributed by atoms with Gasteiger partial charge in [0.15, 0.2) is 0 Å². The molecule has 1 aliphatic carbocycles. The van der Waals surface area contributed by atoms with Crippen molar-refractivity contribution in [3.8, 4) is 5.75 Å². The van der Waals surface area contributed by atoms with Gasteiger partial charge in [0, 0.05) is 6.54 Å². The number of hydrogen-bond donors (Lipinski definition) is 3. The van der Waals surface area contributed by atoms with E-state index in [0.29, 0.717) is 6.54 Å². The second-order valence-electron chi connectivity index (χ2n) is 6.40. The molecule has 0 aromatic heterocycles. The monoisotopic (exact) mass is 318 g/mol. The van der Waals surface area contributed by atoms with Gasteiger partial charge in [0.05, 0.1) is 18.2 Å². The van der Waals surface area contributed by atoms with E-state index in [4.69, 9.17) is 0 Å². The summed E-state index contributed by atoms with van der Waals surface area (Å²) >= 11 is 0. The summed E-state index contributed by atoms with van der Waals surface area (Å²) in [5.74, 6) is -1.06. The van der Waals surface area contributed by atoms with Gasteiger partial charge in [-0.2, -0.15) is 0 Å². The molecule has 1 saturated heterocycles. The van der Waals surface area contributed by atoms with Crippen molar-refractivity contribution >= 4 is 11.8 Å². The average molecular weight is 318 g/mol.